The lowest BCUT2D eigenvalue weighted by molar-refractivity contribution is -0.146. The Morgan fingerprint density at radius 3 is 2.46 bits per heavy atom. The fraction of sp³-hybridized carbons (Fsp3) is 0.600. The van der Waals surface area contributed by atoms with Crippen molar-refractivity contribution in [2.45, 2.75) is 53.4 Å². The van der Waals surface area contributed by atoms with Gasteiger partial charge in [-0.1, -0.05) is 27.2 Å². The van der Waals surface area contributed by atoms with Gasteiger partial charge in [0.2, 0.25) is 5.91 Å². The molecule has 0 spiro atoms. The number of amides is 1. The molecule has 0 bridgehead atoms. The summed E-state index contributed by atoms with van der Waals surface area (Å²) in [4.78, 5) is 24.8. The number of benzene rings is 1. The molecule has 146 valence electrons. The zero-order valence-corrected chi connectivity index (χ0v) is 16.2. The van der Waals surface area contributed by atoms with Crippen LogP contribution in [0.1, 0.15) is 53.4 Å². The Morgan fingerprint density at radius 2 is 1.88 bits per heavy atom. The van der Waals surface area contributed by atoms with Crippen LogP contribution >= 0.6 is 0 Å². The van der Waals surface area contributed by atoms with E-state index in [1.54, 1.807) is 13.8 Å². The topological polar surface area (TPSA) is 84.9 Å². The summed E-state index contributed by atoms with van der Waals surface area (Å²) in [6.07, 6.45) is 2.93. The van der Waals surface area contributed by atoms with Crippen molar-refractivity contribution >= 4 is 11.9 Å². The summed E-state index contributed by atoms with van der Waals surface area (Å²) in [5.41, 5.74) is -0.780. The van der Waals surface area contributed by atoms with E-state index in [4.69, 9.17) is 9.47 Å². The molecule has 1 rings (SSSR count). The van der Waals surface area contributed by atoms with Crippen LogP contribution in [0.5, 0.6) is 11.5 Å². The number of ether oxygens (including phenoxy) is 2. The molecule has 26 heavy (non-hydrogen) atoms. The number of hydrogen-bond donors (Lipinski definition) is 2. The molecule has 6 nitrogen and oxygen atoms in total. The predicted molar refractivity (Wildman–Crippen MR) is 99.8 cm³/mol. The van der Waals surface area contributed by atoms with Crippen molar-refractivity contribution in [3.05, 3.63) is 24.3 Å². The smallest absolute Gasteiger partial charge is 0.317 e. The van der Waals surface area contributed by atoms with E-state index in [-0.39, 0.29) is 30.3 Å². The van der Waals surface area contributed by atoms with E-state index in [0.717, 1.165) is 12.8 Å². The van der Waals surface area contributed by atoms with Crippen LogP contribution in [-0.4, -0.2) is 30.3 Å². The Balaban J connectivity index is 2.57. The second-order valence-corrected chi connectivity index (χ2v) is 6.85. The number of nitrogens with one attached hydrogen (secondary N) is 1. The average molecular weight is 365 g/mol. The highest BCUT2D eigenvalue weighted by Crippen LogP contribution is 2.32. The summed E-state index contributed by atoms with van der Waals surface area (Å²) in [6, 6.07) is 5.99. The minimum atomic E-state index is -0.780. The van der Waals surface area contributed by atoms with Crippen molar-refractivity contribution in [3.8, 4) is 11.5 Å². The van der Waals surface area contributed by atoms with Crippen LogP contribution in [0.25, 0.3) is 0 Å². The zero-order chi connectivity index (χ0) is 19.6. The lowest BCUT2D eigenvalue weighted by Crippen LogP contribution is -2.38. The maximum absolute atomic E-state index is 12.6. The first-order valence-corrected chi connectivity index (χ1v) is 9.19. The molecule has 0 saturated carbocycles. The number of aromatic hydroxyl groups is 1. The van der Waals surface area contributed by atoms with E-state index in [1.807, 2.05) is 6.92 Å². The molecule has 2 unspecified atom stereocenters. The Labute approximate surface area is 155 Å². The van der Waals surface area contributed by atoms with Gasteiger partial charge < -0.3 is 19.9 Å². The summed E-state index contributed by atoms with van der Waals surface area (Å²) in [5, 5.41) is 12.0. The average Bonchev–Trinajstić information content (AvgIpc) is 2.62. The number of unbranched alkanes of at least 4 members (excludes halogenated alkanes) is 1. The van der Waals surface area contributed by atoms with Gasteiger partial charge in [-0.05, 0) is 50.5 Å². The number of esters is 1. The fourth-order valence-corrected chi connectivity index (χ4v) is 2.50. The standard InChI is InChI=1S/C20H31NO5/c1-5-7-12-25-14-21-18(23)15(3)13-20(4,6-2)19(24)26-17-10-8-16(22)9-11-17/h8-11,15,22H,5-7,12-14H2,1-4H3,(H,21,23). The van der Waals surface area contributed by atoms with Gasteiger partial charge in [0, 0.05) is 12.5 Å². The number of phenolic OH excluding ortho intramolecular Hbond substituents is 1. The fourth-order valence-electron chi connectivity index (χ4n) is 2.50. The van der Waals surface area contributed by atoms with Crippen molar-refractivity contribution in [2.75, 3.05) is 13.3 Å². The molecule has 0 aliphatic rings. The van der Waals surface area contributed by atoms with Crippen LogP contribution in [-0.2, 0) is 14.3 Å². The van der Waals surface area contributed by atoms with Gasteiger partial charge >= 0.3 is 5.97 Å². The lowest BCUT2D eigenvalue weighted by atomic mass is 9.79. The van der Waals surface area contributed by atoms with E-state index in [2.05, 4.69) is 12.2 Å². The number of hydrogen-bond acceptors (Lipinski definition) is 5. The highest BCUT2D eigenvalue weighted by Gasteiger charge is 2.36. The van der Waals surface area contributed by atoms with E-state index < -0.39 is 5.41 Å². The van der Waals surface area contributed by atoms with Crippen LogP contribution < -0.4 is 10.1 Å². The number of carbonyl (C=O) groups is 2. The molecule has 0 heterocycles. The third-order valence-corrected chi connectivity index (χ3v) is 4.52. The highest BCUT2D eigenvalue weighted by molar-refractivity contribution is 5.82. The largest absolute Gasteiger partial charge is 0.508 e. The molecule has 0 aromatic heterocycles. The molecule has 6 heteroatoms. The summed E-state index contributed by atoms with van der Waals surface area (Å²) in [5.74, 6) is -0.395. The zero-order valence-electron chi connectivity index (χ0n) is 16.2. The third kappa shape index (κ3) is 7.04. The second kappa shape index (κ2) is 10.8. The molecule has 1 aromatic rings. The van der Waals surface area contributed by atoms with Gasteiger partial charge in [-0.15, -0.1) is 0 Å². The maximum Gasteiger partial charge on any atom is 0.317 e. The molecule has 1 aromatic carbocycles. The first kappa shape index (κ1) is 22.0. The molecular formula is C20H31NO5. The Hall–Kier alpha value is -2.08. The second-order valence-electron chi connectivity index (χ2n) is 6.85. The highest BCUT2D eigenvalue weighted by atomic mass is 16.5. The van der Waals surface area contributed by atoms with Gasteiger partial charge in [0.25, 0.3) is 0 Å². The first-order valence-electron chi connectivity index (χ1n) is 9.19. The van der Waals surface area contributed by atoms with Crippen molar-refractivity contribution in [1.82, 2.24) is 5.32 Å². The number of carbonyl (C=O) groups excluding carboxylic acids is 2. The van der Waals surface area contributed by atoms with Crippen molar-refractivity contribution < 1.29 is 24.2 Å². The van der Waals surface area contributed by atoms with Gasteiger partial charge in [-0.3, -0.25) is 9.59 Å². The Kier molecular flexibility index (Phi) is 9.13. The van der Waals surface area contributed by atoms with E-state index in [1.165, 1.54) is 24.3 Å². The van der Waals surface area contributed by atoms with Gasteiger partial charge in [0.15, 0.2) is 0 Å². The first-order chi connectivity index (χ1) is 12.3. The normalized spacial score (nSPS) is 14.3. The van der Waals surface area contributed by atoms with Crippen molar-refractivity contribution in [2.24, 2.45) is 11.3 Å². The quantitative estimate of drug-likeness (QED) is 0.271. The number of phenols is 1. The van der Waals surface area contributed by atoms with Crippen molar-refractivity contribution in [3.63, 3.8) is 0 Å². The third-order valence-electron chi connectivity index (χ3n) is 4.52. The summed E-state index contributed by atoms with van der Waals surface area (Å²) >= 11 is 0. The van der Waals surface area contributed by atoms with Crippen molar-refractivity contribution in [1.29, 1.82) is 0 Å². The summed E-state index contributed by atoms with van der Waals surface area (Å²) in [6.45, 7) is 8.38. The molecule has 2 atom stereocenters. The maximum atomic E-state index is 12.6. The summed E-state index contributed by atoms with van der Waals surface area (Å²) < 4.78 is 10.8. The number of rotatable bonds is 11. The SMILES string of the molecule is CCCCOCNC(=O)C(C)CC(C)(CC)C(=O)Oc1ccc(O)cc1. The molecule has 0 aliphatic carbocycles. The van der Waals surface area contributed by atoms with Gasteiger partial charge in [-0.25, -0.2) is 0 Å². The van der Waals surface area contributed by atoms with E-state index in [0.29, 0.717) is 25.2 Å². The van der Waals surface area contributed by atoms with Gasteiger partial charge in [0.1, 0.15) is 18.2 Å². The minimum Gasteiger partial charge on any atom is -0.508 e. The molecule has 0 saturated heterocycles. The summed E-state index contributed by atoms with van der Waals surface area (Å²) in [7, 11) is 0. The van der Waals surface area contributed by atoms with Gasteiger partial charge in [0.05, 0.1) is 5.41 Å². The van der Waals surface area contributed by atoms with Crippen LogP contribution in [0.15, 0.2) is 24.3 Å². The van der Waals surface area contributed by atoms with Gasteiger partial charge in [-0.2, -0.15) is 0 Å². The van der Waals surface area contributed by atoms with Crippen LogP contribution in [0, 0.1) is 11.3 Å². The minimum absolute atomic E-state index is 0.106. The molecule has 0 aliphatic heterocycles. The molecule has 1 amide bonds. The molecule has 2 N–H and O–H groups in total. The van der Waals surface area contributed by atoms with Crippen LogP contribution in [0.2, 0.25) is 0 Å². The lowest BCUT2D eigenvalue weighted by Gasteiger charge is -2.28. The Bertz CT molecular complexity index is 572. The van der Waals surface area contributed by atoms with E-state index >= 15 is 0 Å². The Morgan fingerprint density at radius 1 is 1.23 bits per heavy atom. The van der Waals surface area contributed by atoms with E-state index in [9.17, 15) is 14.7 Å². The monoisotopic (exact) mass is 365 g/mol. The van der Waals surface area contributed by atoms with Crippen LogP contribution in [0.4, 0.5) is 0 Å². The van der Waals surface area contributed by atoms with Crippen LogP contribution in [0.3, 0.4) is 0 Å². The predicted octanol–water partition coefficient (Wildman–Crippen LogP) is 3.63. The molecule has 0 radical (unpaired) electrons. The molecule has 0 fully saturated rings. The molecular weight excluding hydrogens is 334 g/mol.